The Kier molecular flexibility index (Phi) is 2.20. The van der Waals surface area contributed by atoms with E-state index in [1.54, 1.807) is 12.5 Å². The fourth-order valence-corrected chi connectivity index (χ4v) is 3.77. The summed E-state index contributed by atoms with van der Waals surface area (Å²) in [5.41, 5.74) is 2.11. The molecule has 0 aromatic rings. The van der Waals surface area contributed by atoms with E-state index < -0.39 is 0 Å². The van der Waals surface area contributed by atoms with Gasteiger partial charge in [-0.25, -0.2) is 4.79 Å². The van der Waals surface area contributed by atoms with Crippen molar-refractivity contribution in [2.75, 3.05) is 0 Å². The van der Waals surface area contributed by atoms with Crippen LogP contribution in [0.15, 0.2) is 23.8 Å². The fraction of sp³-hybridized carbons (Fsp3) is 0.643. The summed E-state index contributed by atoms with van der Waals surface area (Å²) in [6, 6.07) is 0. The lowest BCUT2D eigenvalue weighted by molar-refractivity contribution is -0.145. The molecule has 0 saturated heterocycles. The van der Waals surface area contributed by atoms with Gasteiger partial charge in [0.15, 0.2) is 0 Å². The highest BCUT2D eigenvalue weighted by Gasteiger charge is 2.51. The van der Waals surface area contributed by atoms with Gasteiger partial charge in [0.2, 0.25) is 0 Å². The lowest BCUT2D eigenvalue weighted by Crippen LogP contribution is -2.28. The first-order valence-corrected chi connectivity index (χ1v) is 6.23. The minimum Gasteiger partial charge on any atom is -0.458 e. The monoisotopic (exact) mass is 218 g/mol. The first-order valence-electron chi connectivity index (χ1n) is 6.23. The minimum absolute atomic E-state index is 0.134. The van der Waals surface area contributed by atoms with Gasteiger partial charge in [-0.1, -0.05) is 18.2 Å². The number of carbonyl (C=O) groups is 1. The van der Waals surface area contributed by atoms with E-state index in [4.69, 9.17) is 4.74 Å². The van der Waals surface area contributed by atoms with E-state index in [0.29, 0.717) is 11.5 Å². The molecule has 3 rings (SSSR count). The molecule has 0 aromatic heterocycles. The summed E-state index contributed by atoms with van der Waals surface area (Å²) in [6.45, 7) is 5.35. The van der Waals surface area contributed by atoms with Crippen molar-refractivity contribution in [3.05, 3.63) is 23.8 Å². The second-order valence-electron chi connectivity index (χ2n) is 5.45. The number of ether oxygens (including phenoxy) is 1. The van der Waals surface area contributed by atoms with Gasteiger partial charge in [-0.05, 0) is 44.4 Å². The summed E-state index contributed by atoms with van der Waals surface area (Å²) in [5.74, 6) is 1.92. The third-order valence-corrected chi connectivity index (χ3v) is 4.43. The molecule has 86 valence electrons. The maximum absolute atomic E-state index is 11.5. The maximum Gasteiger partial charge on any atom is 0.333 e. The molecule has 2 heteroatoms. The normalized spacial score (nSPS) is 39.4. The van der Waals surface area contributed by atoms with Crippen LogP contribution in [0.3, 0.4) is 0 Å². The van der Waals surface area contributed by atoms with Gasteiger partial charge in [0.25, 0.3) is 0 Å². The summed E-state index contributed by atoms with van der Waals surface area (Å²) < 4.78 is 5.54. The van der Waals surface area contributed by atoms with Gasteiger partial charge in [0.1, 0.15) is 6.10 Å². The lowest BCUT2D eigenvalue weighted by atomic mass is 9.84. The lowest BCUT2D eigenvalue weighted by Gasteiger charge is -2.27. The summed E-state index contributed by atoms with van der Waals surface area (Å²) in [6.07, 6.45) is 7.40. The number of carbonyl (C=O) groups excluding carboxylic acids is 1. The average Bonchev–Trinajstić information content (AvgIpc) is 2.87. The zero-order valence-electron chi connectivity index (χ0n) is 9.74. The molecule has 0 spiro atoms. The Morgan fingerprint density at radius 2 is 2.25 bits per heavy atom. The first kappa shape index (κ1) is 10.1. The molecule has 4 unspecified atom stereocenters. The second-order valence-corrected chi connectivity index (χ2v) is 5.45. The smallest absolute Gasteiger partial charge is 0.333 e. The molecule has 2 fully saturated rings. The number of hydrogen-bond donors (Lipinski definition) is 0. The summed E-state index contributed by atoms with van der Waals surface area (Å²) >= 11 is 0. The molecule has 0 N–H and O–H groups in total. The van der Waals surface area contributed by atoms with Gasteiger partial charge in [-0.15, -0.1) is 0 Å². The van der Waals surface area contributed by atoms with E-state index in [1.807, 2.05) is 0 Å². The van der Waals surface area contributed by atoms with Crippen LogP contribution in [0.25, 0.3) is 0 Å². The number of hydrogen-bond acceptors (Lipinski definition) is 2. The molecular weight excluding hydrogens is 200 g/mol. The molecule has 2 saturated carbocycles. The SMILES string of the molecule is C=C(C)C(=O)OC1CC2CC1C1=CCCC12. The van der Waals surface area contributed by atoms with Crippen molar-refractivity contribution >= 4 is 5.97 Å². The minimum atomic E-state index is -0.215. The summed E-state index contributed by atoms with van der Waals surface area (Å²) in [4.78, 5) is 11.5. The molecule has 0 aromatic carbocycles. The van der Waals surface area contributed by atoms with E-state index in [2.05, 4.69) is 12.7 Å². The van der Waals surface area contributed by atoms with Crippen LogP contribution in [0.4, 0.5) is 0 Å². The topological polar surface area (TPSA) is 26.3 Å². The van der Waals surface area contributed by atoms with Gasteiger partial charge in [0.05, 0.1) is 0 Å². The molecule has 4 atom stereocenters. The summed E-state index contributed by atoms with van der Waals surface area (Å²) in [5, 5.41) is 0. The van der Waals surface area contributed by atoms with Crippen molar-refractivity contribution in [3.8, 4) is 0 Å². The fourth-order valence-electron chi connectivity index (χ4n) is 3.77. The highest BCUT2D eigenvalue weighted by molar-refractivity contribution is 5.87. The van der Waals surface area contributed by atoms with Crippen LogP contribution >= 0.6 is 0 Å². The third kappa shape index (κ3) is 1.35. The van der Waals surface area contributed by atoms with E-state index in [1.165, 1.54) is 19.3 Å². The summed E-state index contributed by atoms with van der Waals surface area (Å²) in [7, 11) is 0. The van der Waals surface area contributed by atoms with Gasteiger partial charge >= 0.3 is 5.97 Å². The van der Waals surface area contributed by atoms with Crippen molar-refractivity contribution in [1.29, 1.82) is 0 Å². The van der Waals surface area contributed by atoms with Crippen LogP contribution < -0.4 is 0 Å². The van der Waals surface area contributed by atoms with Crippen LogP contribution in [0.2, 0.25) is 0 Å². The van der Waals surface area contributed by atoms with Gasteiger partial charge < -0.3 is 4.74 Å². The average molecular weight is 218 g/mol. The predicted molar refractivity (Wildman–Crippen MR) is 61.7 cm³/mol. The quantitative estimate of drug-likeness (QED) is 0.405. The zero-order valence-corrected chi connectivity index (χ0v) is 9.74. The molecule has 3 aliphatic rings. The van der Waals surface area contributed by atoms with Crippen LogP contribution in [-0.4, -0.2) is 12.1 Å². The Morgan fingerprint density at radius 1 is 1.44 bits per heavy atom. The van der Waals surface area contributed by atoms with E-state index in [0.717, 1.165) is 18.3 Å². The zero-order chi connectivity index (χ0) is 11.3. The Hall–Kier alpha value is -1.05. The van der Waals surface area contributed by atoms with E-state index in [-0.39, 0.29) is 12.1 Å². The number of fused-ring (bicyclic) bond motifs is 5. The van der Waals surface area contributed by atoms with Gasteiger partial charge in [0, 0.05) is 11.5 Å². The largest absolute Gasteiger partial charge is 0.458 e. The highest BCUT2D eigenvalue weighted by Crippen LogP contribution is 2.57. The van der Waals surface area contributed by atoms with Crippen molar-refractivity contribution in [3.63, 3.8) is 0 Å². The van der Waals surface area contributed by atoms with Crippen LogP contribution in [0, 0.1) is 17.8 Å². The van der Waals surface area contributed by atoms with Crippen molar-refractivity contribution in [1.82, 2.24) is 0 Å². The van der Waals surface area contributed by atoms with Crippen molar-refractivity contribution in [2.24, 2.45) is 17.8 Å². The number of esters is 1. The highest BCUT2D eigenvalue weighted by atomic mass is 16.5. The Balaban J connectivity index is 1.72. The Labute approximate surface area is 96.4 Å². The van der Waals surface area contributed by atoms with Crippen LogP contribution in [-0.2, 0) is 9.53 Å². The van der Waals surface area contributed by atoms with Crippen molar-refractivity contribution in [2.45, 2.75) is 38.7 Å². The molecule has 16 heavy (non-hydrogen) atoms. The van der Waals surface area contributed by atoms with Gasteiger partial charge in [-0.3, -0.25) is 0 Å². The Bertz CT molecular complexity index is 380. The molecule has 2 nitrogen and oxygen atoms in total. The maximum atomic E-state index is 11.5. The van der Waals surface area contributed by atoms with Crippen molar-refractivity contribution < 1.29 is 9.53 Å². The van der Waals surface area contributed by atoms with E-state index in [9.17, 15) is 4.79 Å². The van der Waals surface area contributed by atoms with Gasteiger partial charge in [-0.2, -0.15) is 0 Å². The Morgan fingerprint density at radius 3 is 3.00 bits per heavy atom. The molecule has 0 aliphatic heterocycles. The standard InChI is InChI=1S/C14H18O2/c1-8(2)14(15)16-13-7-9-6-12(13)11-5-3-4-10(9)11/h5,9-10,12-13H,1,3-4,6-7H2,2H3. The van der Waals surface area contributed by atoms with E-state index >= 15 is 0 Å². The van der Waals surface area contributed by atoms with Crippen LogP contribution in [0.1, 0.15) is 32.6 Å². The first-order chi connectivity index (χ1) is 7.66. The molecule has 0 amide bonds. The number of allylic oxidation sites excluding steroid dienone is 1. The second kappa shape index (κ2) is 3.47. The third-order valence-electron chi connectivity index (χ3n) is 4.43. The molecule has 0 radical (unpaired) electrons. The molecule has 0 heterocycles. The molecule has 2 bridgehead atoms. The predicted octanol–water partition coefficient (Wildman–Crippen LogP) is 2.85. The molecule has 3 aliphatic carbocycles. The molecular formula is C14H18O2. The number of rotatable bonds is 2. The van der Waals surface area contributed by atoms with Crippen LogP contribution in [0.5, 0.6) is 0 Å².